The molecule has 0 aliphatic rings. The van der Waals surface area contributed by atoms with Gasteiger partial charge in [-0.3, -0.25) is 0 Å². The zero-order valence-corrected chi connectivity index (χ0v) is 12.3. The molecule has 0 aliphatic heterocycles. The highest BCUT2D eigenvalue weighted by molar-refractivity contribution is 7.90. The van der Waals surface area contributed by atoms with Gasteiger partial charge in [-0.1, -0.05) is 12.2 Å². The summed E-state index contributed by atoms with van der Waals surface area (Å²) in [6.45, 7) is 4.04. The average Bonchev–Trinajstić information content (AvgIpc) is 2.13. The van der Waals surface area contributed by atoms with Gasteiger partial charge in [-0.15, -0.1) is 0 Å². The van der Waals surface area contributed by atoms with Crippen LogP contribution in [0.5, 0.6) is 0 Å². The van der Waals surface area contributed by atoms with E-state index >= 15 is 0 Å². The zero-order valence-electron chi connectivity index (χ0n) is 10.6. The summed E-state index contributed by atoms with van der Waals surface area (Å²) in [6, 6.07) is 1.89. The number of aryl methyl sites for hydroxylation is 2. The summed E-state index contributed by atoms with van der Waals surface area (Å²) in [5.74, 6) is 0.585. The molecule has 5 nitrogen and oxygen atoms in total. The van der Waals surface area contributed by atoms with Gasteiger partial charge in [0, 0.05) is 18.5 Å². The first-order chi connectivity index (χ1) is 8.20. The van der Waals surface area contributed by atoms with E-state index in [1.165, 1.54) is 6.26 Å². The Hall–Kier alpha value is -1.21. The molecule has 0 saturated carbocycles. The van der Waals surface area contributed by atoms with E-state index in [2.05, 4.69) is 10.3 Å². The number of hydrogen-bond donors (Lipinski definition) is 2. The number of nitrogens with zero attached hydrogens (tertiary/aromatic N) is 1. The minimum atomic E-state index is -3.00. The second-order valence-corrected chi connectivity index (χ2v) is 6.92. The zero-order chi connectivity index (χ0) is 13.9. The maximum atomic E-state index is 11.1. The largest absolute Gasteiger partial charge is 0.389 e. The van der Waals surface area contributed by atoms with E-state index in [4.69, 9.17) is 18.0 Å². The Morgan fingerprint density at radius 2 is 2.11 bits per heavy atom. The summed E-state index contributed by atoms with van der Waals surface area (Å²) in [7, 11) is -3.00. The van der Waals surface area contributed by atoms with E-state index in [9.17, 15) is 8.42 Å². The highest BCUT2D eigenvalue weighted by atomic mass is 32.2. The average molecular weight is 287 g/mol. The number of nitrogens with two attached hydrogens (primary N) is 1. The fraction of sp³-hybridized carbons (Fsp3) is 0.455. The monoisotopic (exact) mass is 287 g/mol. The van der Waals surface area contributed by atoms with Gasteiger partial charge in [0.15, 0.2) is 0 Å². The number of hydrogen-bond acceptors (Lipinski definition) is 5. The van der Waals surface area contributed by atoms with E-state index in [0.717, 1.165) is 11.3 Å². The Bertz CT molecular complexity index is 568. The van der Waals surface area contributed by atoms with E-state index in [1.54, 1.807) is 0 Å². The molecular formula is C11H17N3O2S2. The molecule has 0 unspecified atom stereocenters. The van der Waals surface area contributed by atoms with E-state index in [0.29, 0.717) is 11.4 Å². The Labute approximate surface area is 113 Å². The molecule has 7 heteroatoms. The molecule has 18 heavy (non-hydrogen) atoms. The van der Waals surface area contributed by atoms with Crippen molar-refractivity contribution in [1.82, 2.24) is 4.98 Å². The van der Waals surface area contributed by atoms with Crippen LogP contribution in [0.25, 0.3) is 0 Å². The van der Waals surface area contributed by atoms with Gasteiger partial charge in [0.2, 0.25) is 0 Å². The van der Waals surface area contributed by atoms with Gasteiger partial charge < -0.3 is 11.1 Å². The Morgan fingerprint density at radius 3 is 2.61 bits per heavy atom. The number of thiocarbonyl (C=S) groups is 1. The minimum Gasteiger partial charge on any atom is -0.389 e. The predicted octanol–water partition coefficient (Wildman–Crippen LogP) is 0.789. The summed E-state index contributed by atoms with van der Waals surface area (Å²) in [4.78, 5) is 4.55. The third kappa shape index (κ3) is 4.23. The Balaban J connectivity index is 2.97. The summed E-state index contributed by atoms with van der Waals surface area (Å²) in [5, 5.41) is 2.98. The molecule has 0 aromatic carbocycles. The van der Waals surface area contributed by atoms with Crippen LogP contribution in [0.2, 0.25) is 0 Å². The van der Waals surface area contributed by atoms with Crippen molar-refractivity contribution in [3.05, 3.63) is 22.9 Å². The van der Waals surface area contributed by atoms with Crippen LogP contribution >= 0.6 is 12.2 Å². The molecule has 0 aliphatic carbocycles. The molecule has 0 atom stereocenters. The SMILES string of the molecule is Cc1cc(C)c(C(N)=S)c(NCCS(C)(=O)=O)n1. The highest BCUT2D eigenvalue weighted by Crippen LogP contribution is 2.18. The van der Waals surface area contributed by atoms with Gasteiger partial charge in [-0.05, 0) is 25.5 Å². The van der Waals surface area contributed by atoms with E-state index < -0.39 is 9.84 Å². The van der Waals surface area contributed by atoms with Crippen LogP contribution in [0.3, 0.4) is 0 Å². The first-order valence-electron chi connectivity index (χ1n) is 5.40. The number of aromatic nitrogens is 1. The minimum absolute atomic E-state index is 0.0401. The smallest absolute Gasteiger partial charge is 0.149 e. The molecule has 1 rings (SSSR count). The van der Waals surface area contributed by atoms with Crippen molar-refractivity contribution >= 4 is 32.9 Å². The third-order valence-corrected chi connectivity index (χ3v) is 3.51. The summed E-state index contributed by atoms with van der Waals surface area (Å²) < 4.78 is 22.1. The number of nitrogens with one attached hydrogen (secondary N) is 1. The Kier molecular flexibility index (Phi) is 4.64. The maximum Gasteiger partial charge on any atom is 0.149 e. The van der Waals surface area contributed by atoms with Gasteiger partial charge in [-0.25, -0.2) is 13.4 Å². The number of anilines is 1. The molecule has 1 aromatic rings. The molecule has 0 saturated heterocycles. The van der Waals surface area contributed by atoms with Gasteiger partial charge in [-0.2, -0.15) is 0 Å². The van der Waals surface area contributed by atoms with Gasteiger partial charge >= 0.3 is 0 Å². The standard InChI is InChI=1S/C11H17N3O2S2/c1-7-6-8(2)14-11(9(7)10(12)17)13-4-5-18(3,15)16/h6H,4-5H2,1-3H3,(H2,12,17)(H,13,14). The topological polar surface area (TPSA) is 85.1 Å². The summed E-state index contributed by atoms with van der Waals surface area (Å²) >= 11 is 4.98. The molecule has 0 spiro atoms. The number of rotatable bonds is 5. The molecule has 3 N–H and O–H groups in total. The normalized spacial score (nSPS) is 11.3. The first kappa shape index (κ1) is 14.8. The van der Waals surface area contributed by atoms with E-state index in [1.807, 2.05) is 19.9 Å². The lowest BCUT2D eigenvalue weighted by Crippen LogP contribution is -2.20. The summed E-state index contributed by atoms with van der Waals surface area (Å²) in [6.07, 6.45) is 1.19. The van der Waals surface area contributed by atoms with Crippen molar-refractivity contribution in [3.8, 4) is 0 Å². The van der Waals surface area contributed by atoms with Crippen LogP contribution in [-0.2, 0) is 9.84 Å². The van der Waals surface area contributed by atoms with Crippen molar-refractivity contribution in [2.75, 3.05) is 23.9 Å². The van der Waals surface area contributed by atoms with Crippen molar-refractivity contribution in [1.29, 1.82) is 0 Å². The first-order valence-corrected chi connectivity index (χ1v) is 7.87. The molecule has 0 bridgehead atoms. The summed E-state index contributed by atoms with van der Waals surface area (Å²) in [5.41, 5.74) is 8.08. The van der Waals surface area contributed by atoms with Crippen LogP contribution in [0.15, 0.2) is 6.07 Å². The lowest BCUT2D eigenvalue weighted by molar-refractivity contribution is 0.602. The molecule has 0 radical (unpaired) electrons. The van der Waals surface area contributed by atoms with Crippen molar-refractivity contribution in [3.63, 3.8) is 0 Å². The molecule has 1 heterocycles. The molecular weight excluding hydrogens is 270 g/mol. The quantitative estimate of drug-likeness (QED) is 0.779. The lowest BCUT2D eigenvalue weighted by atomic mass is 10.1. The van der Waals surface area contributed by atoms with Crippen LogP contribution < -0.4 is 11.1 Å². The molecule has 100 valence electrons. The van der Waals surface area contributed by atoms with Crippen LogP contribution in [0, 0.1) is 13.8 Å². The van der Waals surface area contributed by atoms with Crippen LogP contribution in [-0.4, -0.2) is 36.9 Å². The van der Waals surface area contributed by atoms with Crippen molar-refractivity contribution < 1.29 is 8.42 Å². The van der Waals surface area contributed by atoms with Crippen molar-refractivity contribution in [2.45, 2.75) is 13.8 Å². The predicted molar refractivity (Wildman–Crippen MR) is 77.8 cm³/mol. The molecule has 0 fully saturated rings. The maximum absolute atomic E-state index is 11.1. The van der Waals surface area contributed by atoms with Gasteiger partial charge in [0.25, 0.3) is 0 Å². The van der Waals surface area contributed by atoms with Crippen LogP contribution in [0.4, 0.5) is 5.82 Å². The fourth-order valence-corrected chi connectivity index (χ4v) is 2.36. The highest BCUT2D eigenvalue weighted by Gasteiger charge is 2.11. The number of sulfone groups is 1. The van der Waals surface area contributed by atoms with Gasteiger partial charge in [0.1, 0.15) is 20.6 Å². The Morgan fingerprint density at radius 1 is 1.50 bits per heavy atom. The fourth-order valence-electron chi connectivity index (χ4n) is 1.63. The van der Waals surface area contributed by atoms with Crippen LogP contribution in [0.1, 0.15) is 16.8 Å². The lowest BCUT2D eigenvalue weighted by Gasteiger charge is -2.13. The molecule has 1 aromatic heterocycles. The van der Waals surface area contributed by atoms with E-state index in [-0.39, 0.29) is 17.3 Å². The van der Waals surface area contributed by atoms with Crippen molar-refractivity contribution in [2.24, 2.45) is 5.73 Å². The third-order valence-electron chi connectivity index (χ3n) is 2.36. The second-order valence-electron chi connectivity index (χ2n) is 4.23. The number of pyridine rings is 1. The second kappa shape index (κ2) is 5.62. The van der Waals surface area contributed by atoms with Gasteiger partial charge in [0.05, 0.1) is 11.3 Å². The molecule has 0 amide bonds.